The van der Waals surface area contributed by atoms with Crippen LogP contribution < -0.4 is 21.7 Å². The summed E-state index contributed by atoms with van der Waals surface area (Å²) in [7, 11) is 1.83. The number of aryl methyl sites for hydroxylation is 1. The first-order chi connectivity index (χ1) is 17.4. The predicted molar refractivity (Wildman–Crippen MR) is 139 cm³/mol. The van der Waals surface area contributed by atoms with E-state index in [1.54, 1.807) is 44.6 Å². The molecular weight excluding hydrogens is 481 g/mol. The van der Waals surface area contributed by atoms with Crippen LogP contribution in [0.5, 0.6) is 0 Å². The summed E-state index contributed by atoms with van der Waals surface area (Å²) in [6.45, 7) is 9.39. The maximum absolute atomic E-state index is 15.0. The normalized spacial score (nSPS) is 13.2. The van der Waals surface area contributed by atoms with Crippen LogP contribution in [0.15, 0.2) is 30.5 Å². The Kier molecular flexibility index (Phi) is 8.53. The standard InChI is InChI=1S/C25H34FN7O4/c1-7-36-13-19(14(2)29-24(35)37-25(3,4)5)31-23-18(26)11-17(21(27)34)22(32-23)30-16-8-9-20-15(10-16)12-28-33(20)6/h8-12,14,19H,7,13H2,1-6H3,(H2,27,34)(H,29,35)(H2,30,31,32)/t14-,19+/m0/s1. The van der Waals surface area contributed by atoms with E-state index in [1.165, 1.54) is 0 Å². The van der Waals surface area contributed by atoms with Crippen molar-refractivity contribution in [3.63, 3.8) is 0 Å². The van der Waals surface area contributed by atoms with Crippen molar-refractivity contribution in [2.24, 2.45) is 12.8 Å². The SMILES string of the molecule is CCOC[C@@H](Nc1nc(Nc2ccc3c(cnn3C)c2)c(C(N)=O)cc1F)[C@H](C)NC(=O)OC(C)(C)C. The number of benzene rings is 1. The van der Waals surface area contributed by atoms with Crippen LogP contribution in [0.25, 0.3) is 10.9 Å². The molecule has 0 saturated heterocycles. The van der Waals surface area contributed by atoms with E-state index < -0.39 is 35.5 Å². The summed E-state index contributed by atoms with van der Waals surface area (Å²) in [4.78, 5) is 28.7. The number of primary amides is 1. The van der Waals surface area contributed by atoms with Crippen LogP contribution in [0.2, 0.25) is 0 Å². The number of nitrogens with two attached hydrogens (primary N) is 1. The Bertz CT molecular complexity index is 1270. The van der Waals surface area contributed by atoms with Gasteiger partial charge in [-0.25, -0.2) is 14.2 Å². The highest BCUT2D eigenvalue weighted by molar-refractivity contribution is 5.99. The van der Waals surface area contributed by atoms with Crippen LogP contribution in [0, 0.1) is 5.82 Å². The van der Waals surface area contributed by atoms with Gasteiger partial charge in [0.05, 0.1) is 36.0 Å². The number of rotatable bonds is 10. The van der Waals surface area contributed by atoms with Crippen LogP contribution in [-0.2, 0) is 16.5 Å². The first-order valence-electron chi connectivity index (χ1n) is 11.9. The van der Waals surface area contributed by atoms with Crippen LogP contribution in [0.1, 0.15) is 45.0 Å². The van der Waals surface area contributed by atoms with E-state index in [0.717, 1.165) is 17.0 Å². The highest BCUT2D eigenvalue weighted by Crippen LogP contribution is 2.26. The van der Waals surface area contributed by atoms with Gasteiger partial charge in [-0.2, -0.15) is 5.10 Å². The van der Waals surface area contributed by atoms with Gasteiger partial charge in [-0.15, -0.1) is 0 Å². The Hall–Kier alpha value is -3.93. The molecule has 2 amide bonds. The highest BCUT2D eigenvalue weighted by Gasteiger charge is 2.25. The molecule has 0 saturated carbocycles. The van der Waals surface area contributed by atoms with E-state index in [1.807, 2.05) is 26.1 Å². The maximum atomic E-state index is 15.0. The van der Waals surface area contributed by atoms with Gasteiger partial charge in [0.15, 0.2) is 11.6 Å². The Labute approximate surface area is 214 Å². The molecule has 2 aromatic heterocycles. The zero-order valence-electron chi connectivity index (χ0n) is 21.9. The molecule has 1 aromatic carbocycles. The molecule has 200 valence electrons. The van der Waals surface area contributed by atoms with Crippen molar-refractivity contribution in [3.05, 3.63) is 41.8 Å². The smallest absolute Gasteiger partial charge is 0.407 e. The Morgan fingerprint density at radius 1 is 1.22 bits per heavy atom. The third-order valence-electron chi connectivity index (χ3n) is 5.42. The second kappa shape index (κ2) is 11.4. The average Bonchev–Trinajstić information content (AvgIpc) is 3.16. The molecule has 11 nitrogen and oxygen atoms in total. The molecule has 3 rings (SSSR count). The fourth-order valence-electron chi connectivity index (χ4n) is 3.58. The van der Waals surface area contributed by atoms with Crippen molar-refractivity contribution in [1.29, 1.82) is 0 Å². The van der Waals surface area contributed by atoms with Crippen LogP contribution in [0.3, 0.4) is 0 Å². The minimum Gasteiger partial charge on any atom is -0.444 e. The lowest BCUT2D eigenvalue weighted by atomic mass is 10.1. The quantitative estimate of drug-likeness (QED) is 0.320. The van der Waals surface area contributed by atoms with Crippen molar-refractivity contribution in [3.8, 4) is 0 Å². The molecule has 0 unspecified atom stereocenters. The summed E-state index contributed by atoms with van der Waals surface area (Å²) in [5.74, 6) is -1.69. The molecule has 0 spiro atoms. The highest BCUT2D eigenvalue weighted by atomic mass is 19.1. The molecule has 2 heterocycles. The van der Waals surface area contributed by atoms with E-state index in [9.17, 15) is 9.59 Å². The third kappa shape index (κ3) is 7.29. The maximum Gasteiger partial charge on any atom is 0.407 e. The summed E-state index contributed by atoms with van der Waals surface area (Å²) in [5, 5.41) is 13.9. The van der Waals surface area contributed by atoms with Crippen LogP contribution in [-0.4, -0.2) is 57.7 Å². The molecule has 0 radical (unpaired) electrons. The van der Waals surface area contributed by atoms with Gasteiger partial charge in [0, 0.05) is 24.7 Å². The van der Waals surface area contributed by atoms with Gasteiger partial charge in [-0.05, 0) is 58.9 Å². The van der Waals surface area contributed by atoms with Gasteiger partial charge < -0.3 is 31.2 Å². The lowest BCUT2D eigenvalue weighted by Crippen LogP contribution is -2.48. The Balaban J connectivity index is 1.88. The number of amides is 2. The van der Waals surface area contributed by atoms with E-state index in [4.69, 9.17) is 15.2 Å². The van der Waals surface area contributed by atoms with E-state index in [0.29, 0.717) is 12.3 Å². The molecule has 5 N–H and O–H groups in total. The van der Waals surface area contributed by atoms with Crippen LogP contribution in [0.4, 0.5) is 26.5 Å². The number of aromatic nitrogens is 3. The first-order valence-corrected chi connectivity index (χ1v) is 11.9. The van der Waals surface area contributed by atoms with Gasteiger partial charge >= 0.3 is 6.09 Å². The molecule has 12 heteroatoms. The molecule has 0 bridgehead atoms. The number of carbonyl (C=O) groups excluding carboxylic acids is 2. The van der Waals surface area contributed by atoms with Gasteiger partial charge in [0.2, 0.25) is 0 Å². The number of fused-ring (bicyclic) bond motifs is 1. The summed E-state index contributed by atoms with van der Waals surface area (Å²) in [5.41, 5.74) is 6.24. The average molecular weight is 516 g/mol. The molecular formula is C25H34FN7O4. The van der Waals surface area contributed by atoms with Crippen molar-refractivity contribution < 1.29 is 23.5 Å². The van der Waals surface area contributed by atoms with Crippen molar-refractivity contribution in [2.75, 3.05) is 23.8 Å². The topological polar surface area (TPSA) is 145 Å². The number of hydrogen-bond donors (Lipinski definition) is 4. The number of halogens is 1. The minimum absolute atomic E-state index is 0.0718. The summed E-state index contributed by atoms with van der Waals surface area (Å²) in [6, 6.07) is 5.40. The second-order valence-corrected chi connectivity index (χ2v) is 9.59. The summed E-state index contributed by atoms with van der Waals surface area (Å²) < 4.78 is 27.6. The lowest BCUT2D eigenvalue weighted by Gasteiger charge is -2.28. The number of pyridine rings is 1. The molecule has 37 heavy (non-hydrogen) atoms. The molecule has 3 aromatic rings. The zero-order valence-corrected chi connectivity index (χ0v) is 21.9. The Morgan fingerprint density at radius 2 is 1.95 bits per heavy atom. The largest absolute Gasteiger partial charge is 0.444 e. The number of hydrogen-bond acceptors (Lipinski definition) is 8. The fraction of sp³-hybridized carbons (Fsp3) is 0.440. The fourth-order valence-corrected chi connectivity index (χ4v) is 3.58. The zero-order chi connectivity index (χ0) is 27.3. The molecule has 0 fully saturated rings. The second-order valence-electron chi connectivity index (χ2n) is 9.59. The van der Waals surface area contributed by atoms with Crippen molar-refractivity contribution in [1.82, 2.24) is 20.1 Å². The van der Waals surface area contributed by atoms with E-state index >= 15 is 4.39 Å². The van der Waals surface area contributed by atoms with Gasteiger partial charge in [-0.3, -0.25) is 9.48 Å². The van der Waals surface area contributed by atoms with Crippen LogP contribution >= 0.6 is 0 Å². The number of carbonyl (C=O) groups is 2. The lowest BCUT2D eigenvalue weighted by molar-refractivity contribution is 0.0487. The molecule has 0 aliphatic rings. The first kappa shape index (κ1) is 27.7. The third-order valence-corrected chi connectivity index (χ3v) is 5.42. The molecule has 0 aliphatic heterocycles. The number of anilines is 3. The Morgan fingerprint density at radius 3 is 2.59 bits per heavy atom. The predicted octanol–water partition coefficient (Wildman–Crippen LogP) is 3.68. The van der Waals surface area contributed by atoms with Gasteiger partial charge in [0.1, 0.15) is 11.4 Å². The summed E-state index contributed by atoms with van der Waals surface area (Å²) in [6.07, 6.45) is 1.09. The van der Waals surface area contributed by atoms with Gasteiger partial charge in [-0.1, -0.05) is 0 Å². The van der Waals surface area contributed by atoms with E-state index in [2.05, 4.69) is 26.0 Å². The van der Waals surface area contributed by atoms with Crippen molar-refractivity contribution in [2.45, 2.75) is 52.3 Å². The monoisotopic (exact) mass is 515 g/mol. The summed E-state index contributed by atoms with van der Waals surface area (Å²) >= 11 is 0. The number of alkyl carbamates (subject to hydrolysis) is 1. The number of ether oxygens (including phenoxy) is 2. The number of nitrogens with one attached hydrogen (secondary N) is 3. The van der Waals surface area contributed by atoms with Gasteiger partial charge in [0.25, 0.3) is 5.91 Å². The van der Waals surface area contributed by atoms with E-state index in [-0.39, 0.29) is 23.8 Å². The minimum atomic E-state index is -0.839. The molecule has 0 aliphatic carbocycles. The number of nitrogens with zero attached hydrogens (tertiary/aromatic N) is 3. The molecule has 2 atom stereocenters. The van der Waals surface area contributed by atoms with Crippen molar-refractivity contribution >= 4 is 40.2 Å².